The Morgan fingerprint density at radius 1 is 1.05 bits per heavy atom. The number of aromatic nitrogens is 2. The Morgan fingerprint density at radius 3 is 2.52 bits per heavy atom. The Labute approximate surface area is 132 Å². The van der Waals surface area contributed by atoms with Crippen LogP contribution in [0.1, 0.15) is 11.3 Å². The molecule has 0 N–H and O–H groups in total. The van der Waals surface area contributed by atoms with E-state index in [1.165, 1.54) is 0 Å². The first-order chi connectivity index (χ1) is 10.2. The van der Waals surface area contributed by atoms with Gasteiger partial charge in [-0.1, -0.05) is 52.3 Å². The average Bonchev–Trinajstić information content (AvgIpc) is 2.88. The second-order valence-electron chi connectivity index (χ2n) is 4.67. The zero-order valence-electron chi connectivity index (χ0n) is 11.6. The lowest BCUT2D eigenvalue weighted by atomic mass is 10.2. The second kappa shape index (κ2) is 6.06. The van der Waals surface area contributed by atoms with Crippen LogP contribution in [0.15, 0.2) is 70.1 Å². The molecule has 3 rings (SSSR count). The lowest BCUT2D eigenvalue weighted by Crippen LogP contribution is -1.96. The fourth-order valence-corrected chi connectivity index (χ4v) is 2.44. The van der Waals surface area contributed by atoms with Crippen LogP contribution in [0.25, 0.3) is 5.69 Å². The van der Waals surface area contributed by atoms with Gasteiger partial charge < -0.3 is 0 Å². The van der Waals surface area contributed by atoms with Crippen LogP contribution in [0.5, 0.6) is 0 Å². The van der Waals surface area contributed by atoms with Crippen molar-refractivity contribution in [3.63, 3.8) is 0 Å². The van der Waals surface area contributed by atoms with Crippen molar-refractivity contribution in [2.45, 2.75) is 6.92 Å². The molecule has 2 aromatic carbocycles. The molecule has 0 spiro atoms. The predicted octanol–water partition coefficient (Wildman–Crippen LogP) is 4.69. The molecule has 0 aliphatic heterocycles. The highest BCUT2D eigenvalue weighted by Crippen LogP contribution is 2.21. The van der Waals surface area contributed by atoms with E-state index in [0.717, 1.165) is 27.2 Å². The van der Waals surface area contributed by atoms with Gasteiger partial charge in [-0.05, 0) is 25.1 Å². The van der Waals surface area contributed by atoms with Crippen molar-refractivity contribution in [1.29, 1.82) is 0 Å². The Balaban J connectivity index is 1.99. The molecular formula is C17H14BrN3. The molecule has 0 fully saturated rings. The number of para-hydroxylation sites is 1. The molecule has 3 nitrogen and oxygen atoms in total. The van der Waals surface area contributed by atoms with Crippen LogP contribution >= 0.6 is 15.9 Å². The summed E-state index contributed by atoms with van der Waals surface area (Å²) in [5.41, 5.74) is 2.99. The maximum absolute atomic E-state index is 4.58. The number of aryl methyl sites for hydroxylation is 1. The van der Waals surface area contributed by atoms with E-state index >= 15 is 0 Å². The van der Waals surface area contributed by atoms with Gasteiger partial charge >= 0.3 is 0 Å². The van der Waals surface area contributed by atoms with Gasteiger partial charge in [0.1, 0.15) is 0 Å². The summed E-state index contributed by atoms with van der Waals surface area (Å²) in [5, 5.41) is 4.51. The zero-order valence-corrected chi connectivity index (χ0v) is 13.2. The fraction of sp³-hybridized carbons (Fsp3) is 0.0588. The molecule has 3 aromatic rings. The molecule has 0 atom stereocenters. The highest BCUT2D eigenvalue weighted by atomic mass is 79.9. The summed E-state index contributed by atoms with van der Waals surface area (Å²) in [6.07, 6.45) is 1.85. The van der Waals surface area contributed by atoms with Gasteiger partial charge in [0, 0.05) is 22.3 Å². The van der Waals surface area contributed by atoms with Gasteiger partial charge in [0.25, 0.3) is 0 Å². The summed E-state index contributed by atoms with van der Waals surface area (Å²) < 4.78 is 2.87. The predicted molar refractivity (Wildman–Crippen MR) is 89.7 cm³/mol. The number of hydrogen-bond donors (Lipinski definition) is 0. The van der Waals surface area contributed by atoms with Crippen LogP contribution in [-0.2, 0) is 0 Å². The van der Waals surface area contributed by atoms with Gasteiger partial charge in [0.15, 0.2) is 5.82 Å². The smallest absolute Gasteiger partial charge is 0.155 e. The number of rotatable bonds is 3. The zero-order chi connectivity index (χ0) is 14.7. The van der Waals surface area contributed by atoms with Crippen LogP contribution in [0.2, 0.25) is 0 Å². The molecule has 4 heteroatoms. The van der Waals surface area contributed by atoms with Crippen LogP contribution in [-0.4, -0.2) is 16.0 Å². The van der Waals surface area contributed by atoms with Gasteiger partial charge in [-0.15, -0.1) is 0 Å². The molecule has 0 aliphatic carbocycles. The molecular weight excluding hydrogens is 326 g/mol. The first kappa shape index (κ1) is 13.8. The molecule has 104 valence electrons. The van der Waals surface area contributed by atoms with E-state index in [1.807, 2.05) is 78.5 Å². The molecule has 0 saturated heterocycles. The normalized spacial score (nSPS) is 11.1. The van der Waals surface area contributed by atoms with Crippen LogP contribution in [0.4, 0.5) is 5.82 Å². The molecule has 0 bridgehead atoms. The minimum atomic E-state index is 0.814. The molecule has 21 heavy (non-hydrogen) atoms. The van der Waals surface area contributed by atoms with Crippen molar-refractivity contribution >= 4 is 28.0 Å². The average molecular weight is 340 g/mol. The maximum Gasteiger partial charge on any atom is 0.155 e. The SMILES string of the molecule is Cc1cc(/N=C/c2ccccc2Br)n(-c2ccccc2)n1. The monoisotopic (exact) mass is 339 g/mol. The number of nitrogens with zero attached hydrogens (tertiary/aromatic N) is 3. The Bertz CT molecular complexity index is 776. The maximum atomic E-state index is 4.58. The van der Waals surface area contributed by atoms with Crippen molar-refractivity contribution in [2.24, 2.45) is 4.99 Å². The lowest BCUT2D eigenvalue weighted by Gasteiger charge is -2.03. The molecule has 0 unspecified atom stereocenters. The number of benzene rings is 2. The summed E-state index contributed by atoms with van der Waals surface area (Å²) in [6.45, 7) is 1.97. The summed E-state index contributed by atoms with van der Waals surface area (Å²) in [7, 11) is 0. The van der Waals surface area contributed by atoms with E-state index in [9.17, 15) is 0 Å². The quantitative estimate of drug-likeness (QED) is 0.636. The van der Waals surface area contributed by atoms with E-state index in [2.05, 4.69) is 26.0 Å². The topological polar surface area (TPSA) is 30.2 Å². The largest absolute Gasteiger partial charge is 0.236 e. The first-order valence-corrected chi connectivity index (χ1v) is 7.44. The van der Waals surface area contributed by atoms with E-state index in [0.29, 0.717) is 0 Å². The summed E-state index contributed by atoms with van der Waals surface area (Å²) in [6, 6.07) is 20.0. The summed E-state index contributed by atoms with van der Waals surface area (Å²) in [4.78, 5) is 4.58. The van der Waals surface area contributed by atoms with Crippen LogP contribution in [0, 0.1) is 6.92 Å². The number of hydrogen-bond acceptors (Lipinski definition) is 2. The van der Waals surface area contributed by atoms with Crippen LogP contribution < -0.4 is 0 Å². The fourth-order valence-electron chi connectivity index (χ4n) is 2.05. The van der Waals surface area contributed by atoms with Crippen molar-refractivity contribution < 1.29 is 0 Å². The third-order valence-electron chi connectivity index (χ3n) is 3.05. The van der Waals surface area contributed by atoms with E-state index < -0.39 is 0 Å². The standard InChI is InChI=1S/C17H14BrN3/c1-13-11-17(19-12-14-7-5-6-10-16(14)18)21(20-13)15-8-3-2-4-9-15/h2-12H,1H3/b19-12+. The molecule has 0 saturated carbocycles. The first-order valence-electron chi connectivity index (χ1n) is 6.65. The van der Waals surface area contributed by atoms with Gasteiger partial charge in [0.05, 0.1) is 11.4 Å². The lowest BCUT2D eigenvalue weighted by molar-refractivity contribution is 0.863. The Hall–Kier alpha value is -2.20. The van der Waals surface area contributed by atoms with Gasteiger partial charge in [0.2, 0.25) is 0 Å². The minimum Gasteiger partial charge on any atom is -0.236 e. The van der Waals surface area contributed by atoms with Crippen molar-refractivity contribution in [3.05, 3.63) is 76.4 Å². The van der Waals surface area contributed by atoms with Crippen LogP contribution in [0.3, 0.4) is 0 Å². The highest BCUT2D eigenvalue weighted by molar-refractivity contribution is 9.10. The van der Waals surface area contributed by atoms with Crippen molar-refractivity contribution in [1.82, 2.24) is 9.78 Å². The third-order valence-corrected chi connectivity index (χ3v) is 3.78. The Kier molecular flexibility index (Phi) is 3.97. The van der Waals surface area contributed by atoms with E-state index in [4.69, 9.17) is 0 Å². The Morgan fingerprint density at radius 2 is 1.76 bits per heavy atom. The molecule has 0 amide bonds. The van der Waals surface area contributed by atoms with Crippen molar-refractivity contribution in [2.75, 3.05) is 0 Å². The highest BCUT2D eigenvalue weighted by Gasteiger charge is 2.05. The number of aliphatic imine (C=N–C) groups is 1. The van der Waals surface area contributed by atoms with Crippen molar-refractivity contribution in [3.8, 4) is 5.69 Å². The summed E-state index contributed by atoms with van der Waals surface area (Å²) >= 11 is 3.52. The van der Waals surface area contributed by atoms with Gasteiger partial charge in [-0.3, -0.25) is 0 Å². The second-order valence-corrected chi connectivity index (χ2v) is 5.53. The molecule has 0 radical (unpaired) electrons. The molecule has 1 heterocycles. The van der Waals surface area contributed by atoms with Gasteiger partial charge in [-0.2, -0.15) is 5.10 Å². The van der Waals surface area contributed by atoms with Gasteiger partial charge in [-0.25, -0.2) is 9.67 Å². The molecule has 0 aliphatic rings. The number of halogens is 1. The van der Waals surface area contributed by atoms with E-state index in [1.54, 1.807) is 0 Å². The molecule has 1 aromatic heterocycles. The third kappa shape index (κ3) is 3.11. The summed E-state index contributed by atoms with van der Waals surface area (Å²) in [5.74, 6) is 0.814. The minimum absolute atomic E-state index is 0.814. The van der Waals surface area contributed by atoms with E-state index in [-0.39, 0.29) is 0 Å².